The van der Waals surface area contributed by atoms with Crippen molar-refractivity contribution >= 4 is 71.6 Å². The molecule has 3 fully saturated rings. The van der Waals surface area contributed by atoms with Gasteiger partial charge in [0.1, 0.15) is 24.4 Å². The van der Waals surface area contributed by atoms with Gasteiger partial charge >= 0.3 is 6.72 Å². The number of thiol groups is 1. The fraction of sp³-hybridized carbons (Fsp3) is 0.500. The van der Waals surface area contributed by atoms with Crippen molar-refractivity contribution in [2.24, 2.45) is 0 Å². The van der Waals surface area contributed by atoms with E-state index in [1.807, 2.05) is 0 Å². The Bertz CT molecular complexity index is 1910. The van der Waals surface area contributed by atoms with Crippen LogP contribution in [-0.4, -0.2) is 104 Å². The summed E-state index contributed by atoms with van der Waals surface area (Å²) < 4.78 is 39.4. The maximum absolute atomic E-state index is 13.6. The molecule has 0 bridgehead atoms. The van der Waals surface area contributed by atoms with Gasteiger partial charge in [0, 0.05) is 0 Å². The third-order valence-electron chi connectivity index (χ3n) is 7.65. The van der Waals surface area contributed by atoms with Gasteiger partial charge in [-0.1, -0.05) is 12.2 Å². The summed E-state index contributed by atoms with van der Waals surface area (Å²) >= 11 is 9.51. The molecule has 46 heavy (non-hydrogen) atoms. The fourth-order valence-electron chi connectivity index (χ4n) is 5.61. The number of aromatic nitrogens is 8. The number of hydrogen-bond acceptors (Lipinski definition) is 16. The number of nitrogens with zero attached hydrogens (tertiary/aromatic N) is 6. The maximum Gasteiger partial charge on any atom is 0.324 e. The van der Waals surface area contributed by atoms with Crippen molar-refractivity contribution in [2.45, 2.75) is 49.0 Å². The molecule has 6 unspecified atom stereocenters. The predicted molar refractivity (Wildman–Crippen MR) is 164 cm³/mol. The molecule has 11 N–H and O–H groups in total. The van der Waals surface area contributed by atoms with E-state index >= 15 is 0 Å². The van der Waals surface area contributed by atoms with Gasteiger partial charge in [-0.3, -0.25) is 33.3 Å². The molecule has 0 radical (unpaired) electrons. The normalized spacial score (nSPS) is 37.1. The van der Waals surface area contributed by atoms with Gasteiger partial charge in [0.05, 0.1) is 38.0 Å². The van der Waals surface area contributed by atoms with E-state index in [-0.39, 0.29) is 34.2 Å². The van der Waals surface area contributed by atoms with Crippen LogP contribution >= 0.6 is 25.6 Å². The molecule has 26 heteroatoms. The molecule has 7 heterocycles. The number of nitrogen functional groups attached to an aromatic ring is 2. The van der Waals surface area contributed by atoms with Gasteiger partial charge in [-0.05, 0) is 11.8 Å². The molecule has 0 aliphatic carbocycles. The molecule has 22 nitrogen and oxygen atoms in total. The summed E-state index contributed by atoms with van der Waals surface area (Å²) in [5.74, 6) is -0.402. The van der Waals surface area contributed by atoms with Gasteiger partial charge in [0.15, 0.2) is 34.8 Å². The summed E-state index contributed by atoms with van der Waals surface area (Å²) in [6.07, 6.45) is -5.28. The molecule has 0 amide bonds. The van der Waals surface area contributed by atoms with Gasteiger partial charge in [0.25, 0.3) is 17.8 Å². The number of hydrogen-bond donors (Lipinski definition) is 10. The standard InChI is InChI=1S/C20H26N12O10P2S2/c21-19-25-13-9(15(35)27-19)23-3-31(13)17-11(33)7-5(41-17)1-39-43(37,45)30-8-6(2-40-44(38,46)29-7)42-18(12(8)34)32-4-24-10-14(32)26-20(22)28-16(10)36/h3-8,11-12,17-18,33-34H,1-2H2,(H2,29,38,46)(H2,30,37,45)(H3,21,25,27,35)(H3,22,26,28,36)/t5-,6-,7?,8?,11?,12?,17-,18-,43?,44?/m1/s1. The number of aliphatic hydroxyl groups excluding tert-OH is 2. The lowest BCUT2D eigenvalue weighted by Crippen LogP contribution is -2.47. The van der Waals surface area contributed by atoms with E-state index in [2.05, 4.69) is 52.3 Å². The van der Waals surface area contributed by atoms with E-state index in [4.69, 9.17) is 41.8 Å². The summed E-state index contributed by atoms with van der Waals surface area (Å²) in [5, 5.41) is 28.0. The Morgan fingerprint density at radius 1 is 0.870 bits per heavy atom. The monoisotopic (exact) mass is 720 g/mol. The highest BCUT2D eigenvalue weighted by Gasteiger charge is 2.51. The van der Waals surface area contributed by atoms with Crippen LogP contribution in [0.3, 0.4) is 0 Å². The molecule has 0 saturated carbocycles. The van der Waals surface area contributed by atoms with Crippen LogP contribution < -0.4 is 32.8 Å². The van der Waals surface area contributed by atoms with Crippen molar-refractivity contribution in [1.29, 1.82) is 0 Å². The van der Waals surface area contributed by atoms with E-state index in [1.165, 1.54) is 21.8 Å². The minimum absolute atomic E-state index is 0.00413. The Morgan fingerprint density at radius 2 is 1.33 bits per heavy atom. The van der Waals surface area contributed by atoms with E-state index in [1.54, 1.807) is 0 Å². The van der Waals surface area contributed by atoms with Crippen LogP contribution in [0.5, 0.6) is 0 Å². The van der Waals surface area contributed by atoms with Crippen molar-refractivity contribution in [3.63, 3.8) is 0 Å². The zero-order chi connectivity index (χ0) is 32.7. The molecule has 0 aromatic carbocycles. The molecule has 4 aromatic rings. The number of nitrogens with two attached hydrogens (primary N) is 2. The quantitative estimate of drug-likeness (QED) is 0.0736. The largest absolute Gasteiger partial charge is 0.387 e. The van der Waals surface area contributed by atoms with Crippen LogP contribution in [0, 0.1) is 0 Å². The number of aliphatic hydroxyl groups is 2. The molecule has 10 atom stereocenters. The highest BCUT2D eigenvalue weighted by Crippen LogP contribution is 2.52. The van der Waals surface area contributed by atoms with Crippen LogP contribution in [0.2, 0.25) is 0 Å². The van der Waals surface area contributed by atoms with Gasteiger partial charge in [-0.2, -0.15) is 9.97 Å². The smallest absolute Gasteiger partial charge is 0.324 e. The van der Waals surface area contributed by atoms with Crippen molar-refractivity contribution in [1.82, 2.24) is 49.2 Å². The van der Waals surface area contributed by atoms with E-state index in [9.17, 15) is 29.3 Å². The van der Waals surface area contributed by atoms with Crippen LogP contribution in [0.1, 0.15) is 12.5 Å². The molecule has 0 spiro atoms. The number of fused-ring (bicyclic) bond motifs is 4. The van der Waals surface area contributed by atoms with E-state index in [0.717, 1.165) is 0 Å². The number of anilines is 2. The molecule has 3 saturated heterocycles. The molecular formula is C20H26N12O10P2S2. The summed E-state index contributed by atoms with van der Waals surface area (Å²) in [7, 11) is 0. The Labute approximate surface area is 265 Å². The SMILES string of the molecule is Nc1nc2c(ncn2[C@@H]2O[C@@H]3COP(O)(=S)NC4C(O)[C@H](n5cnc6c(=O)[nH]c(N)nc65)O[C@@H]4COP(=O)(S)NC3C2O)c(=O)[nH]1. The zero-order valence-electron chi connectivity index (χ0n) is 23.0. The van der Waals surface area contributed by atoms with Crippen molar-refractivity contribution in [3.8, 4) is 0 Å². The van der Waals surface area contributed by atoms with E-state index in [0.29, 0.717) is 0 Å². The first-order valence-corrected chi connectivity index (χ1v) is 18.8. The molecule has 4 aromatic heterocycles. The molecule has 248 valence electrons. The van der Waals surface area contributed by atoms with Crippen LogP contribution in [-0.2, 0) is 34.9 Å². The summed E-state index contributed by atoms with van der Waals surface area (Å²) in [6, 6.07) is -2.36. The Balaban J connectivity index is 1.18. The van der Waals surface area contributed by atoms with Crippen molar-refractivity contribution < 1.29 is 38.2 Å². The maximum atomic E-state index is 13.6. The van der Waals surface area contributed by atoms with Crippen LogP contribution in [0.15, 0.2) is 22.2 Å². The minimum Gasteiger partial charge on any atom is -0.387 e. The highest BCUT2D eigenvalue weighted by atomic mass is 32.7. The van der Waals surface area contributed by atoms with Crippen molar-refractivity contribution in [3.05, 3.63) is 33.4 Å². The first kappa shape index (κ1) is 31.8. The first-order chi connectivity index (χ1) is 21.7. The lowest BCUT2D eigenvalue weighted by Gasteiger charge is -2.31. The number of aromatic amines is 2. The summed E-state index contributed by atoms with van der Waals surface area (Å²) in [5.41, 5.74) is 10.0. The average Bonchev–Trinajstić information content (AvgIpc) is 3.72. The Hall–Kier alpha value is -2.83. The Morgan fingerprint density at radius 3 is 1.83 bits per heavy atom. The number of imidazole rings is 2. The van der Waals surface area contributed by atoms with Gasteiger partial charge in [0.2, 0.25) is 11.9 Å². The fourth-order valence-corrected chi connectivity index (χ4v) is 8.99. The summed E-state index contributed by atoms with van der Waals surface area (Å²) in [6.45, 7) is -8.96. The van der Waals surface area contributed by atoms with Gasteiger partial charge in [-0.25, -0.2) is 20.1 Å². The average molecular weight is 721 g/mol. The second-order valence-corrected chi connectivity index (χ2v) is 16.8. The zero-order valence-corrected chi connectivity index (χ0v) is 26.5. The van der Waals surface area contributed by atoms with Crippen molar-refractivity contribution in [2.75, 3.05) is 24.7 Å². The third-order valence-corrected chi connectivity index (χ3v) is 11.2. The molecule has 7 rings (SSSR count). The minimum atomic E-state index is -4.08. The topological polar surface area (TPSA) is 318 Å². The van der Waals surface area contributed by atoms with Crippen LogP contribution in [0.25, 0.3) is 22.3 Å². The highest BCUT2D eigenvalue weighted by molar-refractivity contribution is 8.45. The van der Waals surface area contributed by atoms with Gasteiger partial charge < -0.3 is 45.1 Å². The number of rotatable bonds is 2. The number of nitrogens with one attached hydrogen (secondary N) is 4. The van der Waals surface area contributed by atoms with Gasteiger partial charge in [-0.15, -0.1) is 0 Å². The molecule has 3 aliphatic rings. The molecule has 3 aliphatic heterocycles. The summed E-state index contributed by atoms with van der Waals surface area (Å²) in [4.78, 5) is 56.5. The van der Waals surface area contributed by atoms with Crippen LogP contribution in [0.4, 0.5) is 11.9 Å². The second-order valence-electron chi connectivity index (χ2n) is 10.6. The second kappa shape index (κ2) is 11.4. The lowest BCUT2D eigenvalue weighted by molar-refractivity contribution is -0.0467. The molecular weight excluding hydrogens is 694 g/mol. The first-order valence-electron chi connectivity index (χ1n) is 13.3. The lowest BCUT2D eigenvalue weighted by atomic mass is 10.1. The Kier molecular flexibility index (Phi) is 7.87. The predicted octanol–water partition coefficient (Wildman–Crippen LogP) is -2.85. The number of ether oxygens (including phenoxy) is 2. The number of H-pyrrole nitrogens is 2. The third kappa shape index (κ3) is 5.57. The van der Waals surface area contributed by atoms with E-state index < -0.39 is 86.7 Å².